The van der Waals surface area contributed by atoms with Gasteiger partial charge in [0.25, 0.3) is 0 Å². The summed E-state index contributed by atoms with van der Waals surface area (Å²) in [5.74, 6) is 0.647. The molecule has 7 heteroatoms. The molecule has 1 saturated carbocycles. The van der Waals surface area contributed by atoms with E-state index >= 15 is 0 Å². The number of aromatic nitrogens is 1. The molecule has 1 heterocycles. The van der Waals surface area contributed by atoms with Gasteiger partial charge >= 0.3 is 0 Å². The lowest BCUT2D eigenvalue weighted by Gasteiger charge is -2.28. The Bertz CT molecular complexity index is 577. The van der Waals surface area contributed by atoms with E-state index in [1.54, 1.807) is 7.11 Å². The lowest BCUT2D eigenvalue weighted by atomic mass is 9.95. The number of methoxy groups -OCH3 is 1. The Morgan fingerprint density at radius 3 is 2.58 bits per heavy atom. The highest BCUT2D eigenvalue weighted by Gasteiger charge is 2.23. The van der Waals surface area contributed by atoms with Gasteiger partial charge in [0, 0.05) is 20.7 Å². The summed E-state index contributed by atoms with van der Waals surface area (Å²) in [6, 6.07) is 1.98. The fourth-order valence-corrected chi connectivity index (χ4v) is 3.32. The normalized spacial score (nSPS) is 20.5. The lowest BCUT2D eigenvalue weighted by molar-refractivity contribution is 0.0312. The van der Waals surface area contributed by atoms with Crippen molar-refractivity contribution in [2.45, 2.75) is 51.7 Å². The molecule has 5 nitrogen and oxygen atoms in total. The summed E-state index contributed by atoms with van der Waals surface area (Å²) in [4.78, 5) is 6.58. The van der Waals surface area contributed by atoms with Gasteiger partial charge in [0.2, 0.25) is 5.88 Å². The molecule has 2 rings (SSSR count). The second kappa shape index (κ2) is 8.97. The van der Waals surface area contributed by atoms with E-state index in [-0.39, 0.29) is 6.10 Å². The first kappa shape index (κ1) is 19.4. The molecule has 0 spiro atoms. The smallest absolute Gasteiger partial charge is 0.228 e. The molecular weight excluding hydrogens is 390 g/mol. The molecule has 1 aliphatic rings. The van der Waals surface area contributed by atoms with Crippen molar-refractivity contribution in [3.05, 3.63) is 16.2 Å². The van der Waals surface area contributed by atoms with Gasteiger partial charge in [-0.25, -0.2) is 4.98 Å². The Morgan fingerprint density at radius 2 is 2.00 bits per heavy atom. The van der Waals surface area contributed by atoms with Gasteiger partial charge in [-0.1, -0.05) is 0 Å². The Balaban J connectivity index is 2.03. The summed E-state index contributed by atoms with van der Waals surface area (Å²) < 4.78 is 12.4. The van der Waals surface area contributed by atoms with Crippen LogP contribution in [0.2, 0.25) is 0 Å². The van der Waals surface area contributed by atoms with Crippen molar-refractivity contribution in [2.75, 3.05) is 26.0 Å². The monoisotopic (exact) mass is 415 g/mol. The van der Waals surface area contributed by atoms with Crippen LogP contribution in [0, 0.1) is 6.92 Å². The average molecular weight is 416 g/mol. The number of thiocarbonyl (C=S) groups is 1. The number of pyridine rings is 1. The molecule has 0 bridgehead atoms. The van der Waals surface area contributed by atoms with Crippen LogP contribution in [0.15, 0.2) is 10.5 Å². The summed E-state index contributed by atoms with van der Waals surface area (Å²) in [5, 5.41) is 3.92. The lowest BCUT2D eigenvalue weighted by Crippen LogP contribution is -2.31. The van der Waals surface area contributed by atoms with Gasteiger partial charge in [-0.3, -0.25) is 0 Å². The molecule has 0 saturated heterocycles. The summed E-state index contributed by atoms with van der Waals surface area (Å²) in [6.45, 7) is 4.87. The number of rotatable bonds is 5. The minimum absolute atomic E-state index is 0.200. The third-order valence-electron chi connectivity index (χ3n) is 4.43. The van der Waals surface area contributed by atoms with Crippen LogP contribution < -0.4 is 10.1 Å². The van der Waals surface area contributed by atoms with E-state index in [1.165, 1.54) is 0 Å². The number of halogens is 1. The van der Waals surface area contributed by atoms with E-state index in [9.17, 15) is 0 Å². The Labute approximate surface area is 158 Å². The molecule has 0 radical (unpaired) electrons. The van der Waals surface area contributed by atoms with Crippen LogP contribution in [0.3, 0.4) is 0 Å². The van der Waals surface area contributed by atoms with Gasteiger partial charge in [-0.05, 0) is 73.7 Å². The molecule has 24 heavy (non-hydrogen) atoms. The van der Waals surface area contributed by atoms with Crippen molar-refractivity contribution in [3.8, 4) is 5.88 Å². The zero-order valence-electron chi connectivity index (χ0n) is 14.8. The van der Waals surface area contributed by atoms with Crippen molar-refractivity contribution < 1.29 is 9.47 Å². The molecule has 1 aromatic heterocycles. The Morgan fingerprint density at radius 1 is 1.38 bits per heavy atom. The first-order chi connectivity index (χ1) is 11.4. The van der Waals surface area contributed by atoms with Crippen LogP contribution in [0.25, 0.3) is 0 Å². The largest absolute Gasteiger partial charge is 0.474 e. The van der Waals surface area contributed by atoms with Crippen molar-refractivity contribution in [1.29, 1.82) is 0 Å². The molecule has 134 valence electrons. The number of nitrogens with zero attached hydrogens (tertiary/aromatic N) is 2. The fourth-order valence-electron chi connectivity index (χ4n) is 2.67. The van der Waals surface area contributed by atoms with Gasteiger partial charge in [-0.15, -0.1) is 0 Å². The minimum atomic E-state index is 0.200. The first-order valence-electron chi connectivity index (χ1n) is 8.33. The highest BCUT2D eigenvalue weighted by atomic mass is 79.9. The molecule has 1 aliphatic carbocycles. The number of anilines is 1. The third kappa shape index (κ3) is 5.04. The second-order valence-corrected chi connectivity index (χ2v) is 7.35. The molecular formula is C17H26BrN3O2S. The van der Waals surface area contributed by atoms with Crippen LogP contribution in [-0.4, -0.2) is 47.9 Å². The van der Waals surface area contributed by atoms with E-state index in [2.05, 4.69) is 33.2 Å². The van der Waals surface area contributed by atoms with E-state index < -0.39 is 0 Å². The van der Waals surface area contributed by atoms with Crippen LogP contribution in [0.5, 0.6) is 5.88 Å². The van der Waals surface area contributed by atoms with E-state index in [4.69, 9.17) is 21.7 Å². The summed E-state index contributed by atoms with van der Waals surface area (Å²) >= 11 is 8.94. The van der Waals surface area contributed by atoms with Gasteiger partial charge in [0.15, 0.2) is 5.11 Å². The minimum Gasteiger partial charge on any atom is -0.474 e. The molecule has 0 aromatic carbocycles. The molecule has 0 atom stereocenters. The maximum Gasteiger partial charge on any atom is 0.228 e. The van der Waals surface area contributed by atoms with Crippen molar-refractivity contribution >= 4 is 38.9 Å². The van der Waals surface area contributed by atoms with Crippen molar-refractivity contribution in [3.63, 3.8) is 0 Å². The third-order valence-corrected chi connectivity index (χ3v) is 5.41. The van der Waals surface area contributed by atoms with Crippen LogP contribution in [-0.2, 0) is 4.74 Å². The average Bonchev–Trinajstić information content (AvgIpc) is 2.59. The molecule has 0 unspecified atom stereocenters. The highest BCUT2D eigenvalue weighted by molar-refractivity contribution is 9.10. The predicted molar refractivity (Wildman–Crippen MR) is 105 cm³/mol. The topological polar surface area (TPSA) is 46.6 Å². The van der Waals surface area contributed by atoms with Crippen LogP contribution >= 0.6 is 28.1 Å². The molecule has 0 amide bonds. The second-order valence-electron chi connectivity index (χ2n) is 6.10. The number of hydrogen-bond donors (Lipinski definition) is 1. The molecule has 1 fully saturated rings. The standard InChI is InChI=1S/C17H26BrN3O2S/c1-5-21(3)17(24)20-15-10-14(18)16(19-11(15)2)23-13-8-6-12(22-4)7-9-13/h10,12-13H,5-9H2,1-4H3,(H,20,24). The SMILES string of the molecule is CCN(C)C(=S)Nc1cc(Br)c(OC2CCC(OC)CC2)nc1C. The quantitative estimate of drug-likeness (QED) is 0.729. The van der Waals surface area contributed by atoms with Crippen molar-refractivity contribution in [2.24, 2.45) is 0 Å². The Hall–Kier alpha value is -0.920. The highest BCUT2D eigenvalue weighted by Crippen LogP contribution is 2.31. The number of hydrogen-bond acceptors (Lipinski definition) is 4. The van der Waals surface area contributed by atoms with Crippen LogP contribution in [0.4, 0.5) is 5.69 Å². The summed E-state index contributed by atoms with van der Waals surface area (Å²) in [5.41, 5.74) is 1.76. The number of nitrogens with one attached hydrogen (secondary N) is 1. The van der Waals surface area contributed by atoms with Gasteiger partial charge in [0.1, 0.15) is 6.10 Å². The molecule has 1 N–H and O–H groups in total. The van der Waals surface area contributed by atoms with Crippen LogP contribution in [0.1, 0.15) is 38.3 Å². The van der Waals surface area contributed by atoms with Crippen molar-refractivity contribution in [1.82, 2.24) is 9.88 Å². The van der Waals surface area contributed by atoms with Gasteiger partial charge in [-0.2, -0.15) is 0 Å². The van der Waals surface area contributed by atoms with E-state index in [0.717, 1.165) is 48.1 Å². The maximum absolute atomic E-state index is 6.10. The summed E-state index contributed by atoms with van der Waals surface area (Å²) in [7, 11) is 3.74. The Kier molecular flexibility index (Phi) is 7.25. The maximum atomic E-state index is 6.10. The number of aryl methyl sites for hydroxylation is 1. The van der Waals surface area contributed by atoms with E-state index in [0.29, 0.717) is 17.1 Å². The fraction of sp³-hybridized carbons (Fsp3) is 0.647. The zero-order chi connectivity index (χ0) is 17.7. The van der Waals surface area contributed by atoms with Gasteiger partial charge in [0.05, 0.1) is 22.0 Å². The molecule has 1 aromatic rings. The predicted octanol–water partition coefficient (Wildman–Crippen LogP) is 4.14. The zero-order valence-corrected chi connectivity index (χ0v) is 17.2. The first-order valence-corrected chi connectivity index (χ1v) is 9.53. The number of ether oxygens (including phenoxy) is 2. The summed E-state index contributed by atoms with van der Waals surface area (Å²) in [6.07, 6.45) is 4.63. The van der Waals surface area contributed by atoms with Gasteiger partial charge < -0.3 is 19.7 Å². The molecule has 0 aliphatic heterocycles. The van der Waals surface area contributed by atoms with E-state index in [1.807, 2.05) is 24.9 Å².